The van der Waals surface area contributed by atoms with Crippen LogP contribution in [0.2, 0.25) is 0 Å². The number of Topliss-reactive ketones (excluding diaryl/α,β-unsaturated/α-hetero) is 2. The fourth-order valence-electron chi connectivity index (χ4n) is 6.76. The Labute approximate surface area is 302 Å². The van der Waals surface area contributed by atoms with E-state index in [1.165, 1.54) is 22.3 Å². The summed E-state index contributed by atoms with van der Waals surface area (Å²) in [6.45, 7) is 20.1. The number of nitrogens with zero attached hydrogens (tertiary/aromatic N) is 2. The molecule has 2 saturated heterocycles. The lowest BCUT2D eigenvalue weighted by Crippen LogP contribution is -2.50. The number of amides is 2. The summed E-state index contributed by atoms with van der Waals surface area (Å²) >= 11 is 0. The van der Waals surface area contributed by atoms with Crippen molar-refractivity contribution in [2.24, 2.45) is 23.5 Å². The van der Waals surface area contributed by atoms with Gasteiger partial charge in [-0.2, -0.15) is 0 Å². The van der Waals surface area contributed by atoms with Gasteiger partial charge in [0.2, 0.25) is 11.8 Å². The van der Waals surface area contributed by atoms with Crippen LogP contribution in [-0.2, 0) is 32.0 Å². The van der Waals surface area contributed by atoms with E-state index in [1.54, 1.807) is 4.90 Å². The summed E-state index contributed by atoms with van der Waals surface area (Å²) in [5.41, 5.74) is 11.0. The van der Waals surface area contributed by atoms with Gasteiger partial charge in [-0.25, -0.2) is 0 Å². The zero-order chi connectivity index (χ0) is 37.1. The molecule has 0 saturated carbocycles. The van der Waals surface area contributed by atoms with Crippen molar-refractivity contribution in [3.8, 4) is 0 Å². The Morgan fingerprint density at radius 3 is 1.32 bits per heavy atom. The van der Waals surface area contributed by atoms with Crippen LogP contribution in [0, 0.1) is 17.8 Å². The number of hydrogen-bond donors (Lipinski definition) is 1. The highest BCUT2D eigenvalue weighted by Crippen LogP contribution is 2.26. The zero-order valence-electron chi connectivity index (χ0n) is 32.4. The fourth-order valence-corrected chi connectivity index (χ4v) is 6.76. The van der Waals surface area contributed by atoms with Crippen LogP contribution in [0.5, 0.6) is 0 Å². The summed E-state index contributed by atoms with van der Waals surface area (Å²) in [5.74, 6) is 1.86. The molecule has 2 aromatic rings. The normalized spacial score (nSPS) is 18.8. The molecular formula is C43H65N3O4. The summed E-state index contributed by atoms with van der Waals surface area (Å²) in [7, 11) is 0. The molecule has 50 heavy (non-hydrogen) atoms. The van der Waals surface area contributed by atoms with Gasteiger partial charge in [0.05, 0.1) is 18.1 Å². The Bertz CT molecular complexity index is 1290. The van der Waals surface area contributed by atoms with Gasteiger partial charge in [-0.15, -0.1) is 0 Å². The highest BCUT2D eigenvalue weighted by atomic mass is 16.2. The van der Waals surface area contributed by atoms with Gasteiger partial charge in [-0.3, -0.25) is 19.2 Å². The Hall–Kier alpha value is -3.32. The number of carbonyl (C=O) groups excluding carboxylic acids is 4. The van der Waals surface area contributed by atoms with Crippen LogP contribution < -0.4 is 5.73 Å². The predicted molar refractivity (Wildman–Crippen MR) is 204 cm³/mol. The van der Waals surface area contributed by atoms with E-state index in [0.29, 0.717) is 37.1 Å². The van der Waals surface area contributed by atoms with E-state index < -0.39 is 6.04 Å². The van der Waals surface area contributed by atoms with Gasteiger partial charge in [-0.1, -0.05) is 111 Å². The molecule has 0 aromatic heterocycles. The van der Waals surface area contributed by atoms with E-state index >= 15 is 0 Å². The third kappa shape index (κ3) is 11.3. The molecule has 4 rings (SSSR count). The molecule has 7 heteroatoms. The van der Waals surface area contributed by atoms with Crippen LogP contribution in [0.4, 0.5) is 0 Å². The molecule has 0 spiro atoms. The largest absolute Gasteiger partial charge is 0.332 e. The first kappa shape index (κ1) is 41.1. The van der Waals surface area contributed by atoms with E-state index in [-0.39, 0.29) is 47.3 Å². The molecule has 7 nitrogen and oxygen atoms in total. The molecule has 0 aliphatic carbocycles. The highest BCUT2D eigenvalue weighted by molar-refractivity contribution is 5.92. The van der Waals surface area contributed by atoms with Crippen molar-refractivity contribution in [3.05, 3.63) is 70.8 Å². The van der Waals surface area contributed by atoms with Crippen molar-refractivity contribution >= 4 is 23.4 Å². The molecule has 2 N–H and O–H groups in total. The fraction of sp³-hybridized carbons (Fsp3) is 0.628. The Morgan fingerprint density at radius 2 is 0.980 bits per heavy atom. The monoisotopic (exact) mass is 687 g/mol. The van der Waals surface area contributed by atoms with Crippen molar-refractivity contribution in [2.75, 3.05) is 13.1 Å². The topological polar surface area (TPSA) is 101 Å². The predicted octanol–water partition coefficient (Wildman–Crippen LogP) is 7.88. The molecule has 2 amide bonds. The summed E-state index contributed by atoms with van der Waals surface area (Å²) in [6.07, 6.45) is 5.90. The van der Waals surface area contributed by atoms with Gasteiger partial charge in [0.15, 0.2) is 11.6 Å². The SMILES string of the molecule is CC(C)c1ccc(CCC(=O)[C@@H]2CCCN2C(=O)[C@@H](C)C(C)C)cc1.CC(C)c1ccc(CCC(=O)[C@@H]2CCCN2C(=O)[C@@H](N)C(C)C)cc1. The quantitative estimate of drug-likeness (QED) is 0.218. The van der Waals surface area contributed by atoms with Gasteiger partial charge in [-0.05, 0) is 84.5 Å². The van der Waals surface area contributed by atoms with Gasteiger partial charge in [0.1, 0.15) is 0 Å². The average Bonchev–Trinajstić information content (AvgIpc) is 3.80. The van der Waals surface area contributed by atoms with Crippen LogP contribution in [0.3, 0.4) is 0 Å². The van der Waals surface area contributed by atoms with E-state index in [1.807, 2.05) is 25.7 Å². The molecular weight excluding hydrogens is 622 g/mol. The summed E-state index contributed by atoms with van der Waals surface area (Å²) < 4.78 is 0. The Balaban J connectivity index is 0.000000270. The van der Waals surface area contributed by atoms with Gasteiger partial charge < -0.3 is 15.5 Å². The number of likely N-dealkylation sites (tertiary alicyclic amines) is 2. The zero-order valence-corrected chi connectivity index (χ0v) is 32.4. The van der Waals surface area contributed by atoms with Crippen LogP contribution in [0.1, 0.15) is 135 Å². The van der Waals surface area contributed by atoms with Crippen molar-refractivity contribution < 1.29 is 19.2 Å². The number of aryl methyl sites for hydroxylation is 2. The third-order valence-corrected chi connectivity index (χ3v) is 10.8. The lowest BCUT2D eigenvalue weighted by atomic mass is 9.95. The lowest BCUT2D eigenvalue weighted by molar-refractivity contribution is -0.141. The standard InChI is InChI=1S/C22H33NO2.C21H32N2O2/c1-15(2)17(5)22(25)23-14-6-7-20(23)21(24)13-10-18-8-11-19(12-9-18)16(3)4;1-14(2)17-10-7-16(8-11-17)9-12-19(24)18-6-5-13-23(18)21(25)20(22)15(3)4/h8-9,11-12,15-17,20H,6-7,10,13-14H2,1-5H3;7-8,10-11,14-15,18,20H,5-6,9,12-13,22H2,1-4H3/t17-,20-;18-,20-/m00/s1. The Morgan fingerprint density at radius 1 is 0.600 bits per heavy atom. The first-order valence-corrected chi connectivity index (χ1v) is 19.2. The summed E-state index contributed by atoms with van der Waals surface area (Å²) in [5, 5.41) is 0. The number of hydrogen-bond acceptors (Lipinski definition) is 5. The van der Waals surface area contributed by atoms with Crippen molar-refractivity contribution in [2.45, 2.75) is 144 Å². The summed E-state index contributed by atoms with van der Waals surface area (Å²) in [4.78, 5) is 54.1. The summed E-state index contributed by atoms with van der Waals surface area (Å²) in [6, 6.07) is 16.0. The van der Waals surface area contributed by atoms with Gasteiger partial charge in [0.25, 0.3) is 0 Å². The maximum absolute atomic E-state index is 12.7. The van der Waals surface area contributed by atoms with Crippen LogP contribution in [0.15, 0.2) is 48.5 Å². The highest BCUT2D eigenvalue weighted by Gasteiger charge is 2.37. The minimum atomic E-state index is -0.517. The molecule has 2 aromatic carbocycles. The molecule has 4 atom stereocenters. The second-order valence-corrected chi connectivity index (χ2v) is 15.9. The van der Waals surface area contributed by atoms with E-state index in [2.05, 4.69) is 90.1 Å². The van der Waals surface area contributed by atoms with E-state index in [9.17, 15) is 19.2 Å². The van der Waals surface area contributed by atoms with Crippen molar-refractivity contribution in [1.29, 1.82) is 0 Å². The number of carbonyl (C=O) groups is 4. The second kappa shape index (κ2) is 19.3. The molecule has 0 bridgehead atoms. The van der Waals surface area contributed by atoms with E-state index in [4.69, 9.17) is 5.73 Å². The average molecular weight is 688 g/mol. The first-order chi connectivity index (χ1) is 23.6. The minimum absolute atomic E-state index is 0.0167. The van der Waals surface area contributed by atoms with E-state index in [0.717, 1.165) is 45.1 Å². The Kier molecular flexibility index (Phi) is 15.9. The second-order valence-electron chi connectivity index (χ2n) is 15.9. The number of ketones is 2. The molecule has 0 unspecified atom stereocenters. The third-order valence-electron chi connectivity index (χ3n) is 10.8. The molecule has 2 fully saturated rings. The number of benzene rings is 2. The van der Waals surface area contributed by atoms with Gasteiger partial charge >= 0.3 is 0 Å². The number of nitrogens with two attached hydrogens (primary N) is 1. The molecule has 2 aliphatic rings. The van der Waals surface area contributed by atoms with Crippen LogP contribution in [-0.4, -0.2) is 64.4 Å². The van der Waals surface area contributed by atoms with Gasteiger partial charge in [0, 0.05) is 31.8 Å². The molecule has 0 radical (unpaired) electrons. The van der Waals surface area contributed by atoms with Crippen molar-refractivity contribution in [3.63, 3.8) is 0 Å². The lowest BCUT2D eigenvalue weighted by Gasteiger charge is -2.28. The maximum atomic E-state index is 12.7. The van der Waals surface area contributed by atoms with Crippen molar-refractivity contribution in [1.82, 2.24) is 9.80 Å². The minimum Gasteiger partial charge on any atom is -0.332 e. The smallest absolute Gasteiger partial charge is 0.240 e. The first-order valence-electron chi connectivity index (χ1n) is 19.2. The molecule has 2 aliphatic heterocycles. The molecule has 276 valence electrons. The van der Waals surface area contributed by atoms with Crippen LogP contribution >= 0.6 is 0 Å². The number of rotatable bonds is 14. The molecule has 2 heterocycles. The van der Waals surface area contributed by atoms with Crippen LogP contribution in [0.25, 0.3) is 0 Å². The maximum Gasteiger partial charge on any atom is 0.240 e.